The summed E-state index contributed by atoms with van der Waals surface area (Å²) in [5, 5.41) is 15.3. The first-order valence-corrected chi connectivity index (χ1v) is 23.3. The number of fused-ring (bicyclic) bond motifs is 3. The molecule has 0 aliphatic carbocycles. The van der Waals surface area contributed by atoms with E-state index in [9.17, 15) is 9.90 Å². The Bertz CT molecular complexity index is 2780. The zero-order valence-electron chi connectivity index (χ0n) is 39.6. The van der Waals surface area contributed by atoms with E-state index < -0.39 is 77.3 Å². The number of carbonyl (C=O) groups is 5. The molecule has 70 heavy (non-hydrogen) atoms. The van der Waals surface area contributed by atoms with Gasteiger partial charge < -0.3 is 30.0 Å². The van der Waals surface area contributed by atoms with Gasteiger partial charge in [-0.3, -0.25) is 24.2 Å². The summed E-state index contributed by atoms with van der Waals surface area (Å²) in [7, 11) is 3.18. The summed E-state index contributed by atoms with van der Waals surface area (Å²) in [6.07, 6.45) is 0.574. The Morgan fingerprint density at radius 2 is 1.54 bits per heavy atom. The van der Waals surface area contributed by atoms with Crippen molar-refractivity contribution in [1.82, 2.24) is 20.4 Å². The van der Waals surface area contributed by atoms with Gasteiger partial charge in [0, 0.05) is 18.7 Å². The third kappa shape index (κ3) is 9.31. The summed E-state index contributed by atoms with van der Waals surface area (Å²) >= 11 is 0. The molecule has 5 aromatic rings. The first kappa shape index (κ1) is 48.9. The Hall–Kier alpha value is -7.57. The van der Waals surface area contributed by atoms with Crippen LogP contribution in [0.3, 0.4) is 0 Å². The highest BCUT2D eigenvalue weighted by Gasteiger charge is 2.75. The predicted molar refractivity (Wildman–Crippen MR) is 263 cm³/mol. The number of urea groups is 1. The molecule has 4 amide bonds. The number of cyclic esters (lactones) is 1. The molecule has 1 spiro atoms. The molecule has 2 fully saturated rings. The average Bonchev–Trinajstić information content (AvgIpc) is 3.83. The molecule has 7 atom stereocenters. The van der Waals surface area contributed by atoms with Crippen molar-refractivity contribution in [2.75, 3.05) is 45.4 Å². The van der Waals surface area contributed by atoms with Crippen LogP contribution in [0.4, 0.5) is 10.5 Å². The van der Waals surface area contributed by atoms with Crippen LogP contribution in [0, 0.1) is 23.7 Å². The van der Waals surface area contributed by atoms with Gasteiger partial charge in [-0.25, -0.2) is 14.5 Å². The van der Waals surface area contributed by atoms with E-state index in [0.29, 0.717) is 35.5 Å². The predicted octanol–water partition coefficient (Wildman–Crippen LogP) is 6.42. The van der Waals surface area contributed by atoms with Gasteiger partial charge in [0.05, 0.1) is 44.0 Å². The summed E-state index contributed by atoms with van der Waals surface area (Å²) in [4.78, 5) is 80.4. The van der Waals surface area contributed by atoms with Gasteiger partial charge in [-0.1, -0.05) is 135 Å². The number of morpholine rings is 1. The molecule has 3 N–H and O–H groups in total. The molecule has 360 valence electrons. The Balaban J connectivity index is 1.40. The molecule has 0 bridgehead atoms. The third-order valence-electron chi connectivity index (χ3n) is 13.2. The van der Waals surface area contributed by atoms with Gasteiger partial charge in [0.1, 0.15) is 36.0 Å². The van der Waals surface area contributed by atoms with Crippen LogP contribution in [0.2, 0.25) is 0 Å². The van der Waals surface area contributed by atoms with Crippen LogP contribution in [-0.2, 0) is 40.6 Å². The van der Waals surface area contributed by atoms with Gasteiger partial charge in [0.15, 0.2) is 0 Å². The van der Waals surface area contributed by atoms with Crippen molar-refractivity contribution in [3.8, 4) is 17.6 Å². The van der Waals surface area contributed by atoms with Gasteiger partial charge in [0.2, 0.25) is 11.8 Å². The monoisotopic (exact) mass is 943 g/mol. The van der Waals surface area contributed by atoms with Gasteiger partial charge in [-0.2, -0.15) is 0 Å². The van der Waals surface area contributed by atoms with Crippen molar-refractivity contribution in [3.05, 3.63) is 179 Å². The smallest absolute Gasteiger partial charge is 0.329 e. The Morgan fingerprint density at radius 3 is 2.17 bits per heavy atom. The lowest BCUT2D eigenvalue weighted by Gasteiger charge is -2.46. The second-order valence-corrected chi connectivity index (χ2v) is 18.0. The molecule has 5 aromatic carbocycles. The number of hydrogen-bond acceptors (Lipinski definition) is 11. The normalized spacial score (nSPS) is 21.8. The molecule has 3 heterocycles. The highest BCUT2D eigenvalue weighted by atomic mass is 16.6. The summed E-state index contributed by atoms with van der Waals surface area (Å²) in [5.41, 5.74) is 1.88. The molecule has 3 aliphatic heterocycles. The maximum atomic E-state index is 16.5. The van der Waals surface area contributed by atoms with E-state index in [-0.39, 0.29) is 31.0 Å². The summed E-state index contributed by atoms with van der Waals surface area (Å²) in [6, 6.07) is 35.3. The van der Waals surface area contributed by atoms with Crippen molar-refractivity contribution >= 4 is 35.5 Å². The minimum Gasteiger partial charge on any atom is -0.491 e. The van der Waals surface area contributed by atoms with Crippen LogP contribution in [0.15, 0.2) is 146 Å². The summed E-state index contributed by atoms with van der Waals surface area (Å²) in [5.74, 6) is 2.07. The molecule has 3 aliphatic rings. The zero-order chi connectivity index (χ0) is 49.5. The van der Waals surface area contributed by atoms with Crippen molar-refractivity contribution in [3.63, 3.8) is 0 Å². The molecular formula is C56H57N5O9. The molecule has 14 heteroatoms. The summed E-state index contributed by atoms with van der Waals surface area (Å²) in [6.45, 7) is 8.13. The van der Waals surface area contributed by atoms with E-state index >= 15 is 19.2 Å². The average molecular weight is 944 g/mol. The number of aliphatic hydroxyl groups is 1. The third-order valence-corrected chi connectivity index (χ3v) is 13.2. The van der Waals surface area contributed by atoms with Crippen LogP contribution in [0.5, 0.6) is 5.75 Å². The zero-order valence-corrected chi connectivity index (χ0v) is 39.6. The number of anilines is 1. The fourth-order valence-corrected chi connectivity index (χ4v) is 10.2. The molecule has 0 saturated carbocycles. The lowest BCUT2D eigenvalue weighted by molar-refractivity contribution is -0.178. The largest absolute Gasteiger partial charge is 0.491 e. The van der Waals surface area contributed by atoms with Crippen LogP contribution in [-0.4, -0.2) is 97.2 Å². The van der Waals surface area contributed by atoms with Gasteiger partial charge in [-0.05, 0) is 71.1 Å². The lowest BCUT2D eigenvalue weighted by Crippen LogP contribution is -2.57. The number of nitrogens with one attached hydrogen (secondary N) is 2. The Labute approximate surface area is 408 Å². The molecule has 0 aromatic heterocycles. The highest BCUT2D eigenvalue weighted by molar-refractivity contribution is 6.25. The SMILES string of the molecule is C=CCNC(=O)[C@@H]1[C@H]2C(=O)O[C@H](c3ccccc3)[C@H](c3ccccc3)N2[C@H](c2ccc(OCCO)cc2)[C@@]12C(=O)N(C(=O)N[C@H](C(=O)OC)C(C)C)c1ccc(C#CCN(C)Cc3ccccc3)cc12. The number of rotatable bonds is 15. The summed E-state index contributed by atoms with van der Waals surface area (Å²) < 4.78 is 17.4. The number of carbonyl (C=O) groups excluding carboxylic acids is 5. The van der Waals surface area contributed by atoms with Crippen LogP contribution >= 0.6 is 0 Å². The maximum absolute atomic E-state index is 16.5. The first-order chi connectivity index (χ1) is 33.9. The molecule has 0 radical (unpaired) electrons. The number of hydrogen-bond donors (Lipinski definition) is 3. The standard InChI is InChI=1S/C56H57N5O9/c1-6-30-57-51(63)45-48-53(65)70-49(40-22-14-9-15-23-40)47(39-20-12-8-13-21-39)61(48)50(41-25-27-42(28-26-41)69-33-32-62)56(45)43-34-37(19-16-31-59(4)35-38-17-10-7-11-18-38)24-29-44(43)60(54(56)66)55(67)58-46(36(2)3)52(64)68-5/h6-15,17-18,20-29,34,36,45-50,62H,1,30-33,35H2,2-5H3,(H,57,63)(H,58,67)/t45-,46-,47-,48-,49+,50+,56-/m0/s1. The van der Waals surface area contributed by atoms with Crippen LogP contribution < -0.4 is 20.3 Å². The maximum Gasteiger partial charge on any atom is 0.329 e. The number of nitrogens with zero attached hydrogens (tertiary/aromatic N) is 3. The van der Waals surface area contributed by atoms with Crippen molar-refractivity contribution in [2.45, 2.75) is 56.1 Å². The van der Waals surface area contributed by atoms with Gasteiger partial charge >= 0.3 is 18.0 Å². The number of aliphatic hydroxyl groups excluding tert-OH is 1. The first-order valence-electron chi connectivity index (χ1n) is 23.3. The minimum atomic E-state index is -2.06. The van der Waals surface area contributed by atoms with Gasteiger partial charge in [-0.15, -0.1) is 6.58 Å². The lowest BCUT2D eigenvalue weighted by atomic mass is 9.65. The molecule has 0 unspecified atom stereocenters. The van der Waals surface area contributed by atoms with Crippen LogP contribution in [0.25, 0.3) is 0 Å². The number of benzene rings is 5. The van der Waals surface area contributed by atoms with E-state index in [1.54, 1.807) is 56.3 Å². The quantitative estimate of drug-likeness (QED) is 0.0603. The topological polar surface area (TPSA) is 167 Å². The van der Waals surface area contributed by atoms with E-state index in [1.165, 1.54) is 13.2 Å². The van der Waals surface area contributed by atoms with E-state index in [4.69, 9.17) is 14.2 Å². The van der Waals surface area contributed by atoms with E-state index in [0.717, 1.165) is 16.0 Å². The second-order valence-electron chi connectivity index (χ2n) is 18.0. The van der Waals surface area contributed by atoms with Crippen molar-refractivity contribution in [2.24, 2.45) is 11.8 Å². The Morgan fingerprint density at radius 1 is 0.886 bits per heavy atom. The number of methoxy groups -OCH3 is 1. The second kappa shape index (κ2) is 21.4. The fourth-order valence-electron chi connectivity index (χ4n) is 10.2. The molecule has 8 rings (SSSR count). The van der Waals surface area contributed by atoms with Crippen molar-refractivity contribution < 1.29 is 43.3 Å². The fraction of sp³-hybridized carbons (Fsp3) is 0.304. The molecular weight excluding hydrogens is 887 g/mol. The molecule has 14 nitrogen and oxygen atoms in total. The minimum absolute atomic E-state index is 0.00798. The number of ether oxygens (including phenoxy) is 3. The highest BCUT2D eigenvalue weighted by Crippen LogP contribution is 2.66. The van der Waals surface area contributed by atoms with E-state index in [1.807, 2.05) is 103 Å². The van der Waals surface area contributed by atoms with E-state index in [2.05, 4.69) is 34.0 Å². The number of esters is 2. The van der Waals surface area contributed by atoms with Gasteiger partial charge in [0.25, 0.3) is 0 Å². The van der Waals surface area contributed by atoms with Crippen molar-refractivity contribution in [1.29, 1.82) is 0 Å². The van der Waals surface area contributed by atoms with Crippen LogP contribution in [0.1, 0.15) is 65.4 Å². The molecule has 2 saturated heterocycles. The Kier molecular flexibility index (Phi) is 14.9. The number of imide groups is 1. The number of amides is 4.